The Morgan fingerprint density at radius 1 is 1.38 bits per heavy atom. The summed E-state index contributed by atoms with van der Waals surface area (Å²) in [6.45, 7) is 9.88. The van der Waals surface area contributed by atoms with Crippen molar-refractivity contribution in [2.75, 3.05) is 32.8 Å². The van der Waals surface area contributed by atoms with Gasteiger partial charge in [-0.1, -0.05) is 13.8 Å². The van der Waals surface area contributed by atoms with Crippen LogP contribution in [0.5, 0.6) is 0 Å². The molecule has 0 bridgehead atoms. The normalized spacial score (nSPS) is 16.5. The molecule has 1 rings (SSSR count). The van der Waals surface area contributed by atoms with Gasteiger partial charge >= 0.3 is 0 Å². The summed E-state index contributed by atoms with van der Waals surface area (Å²) in [6, 6.07) is 0. The molecule has 16 heavy (non-hydrogen) atoms. The molecule has 0 saturated carbocycles. The predicted octanol–water partition coefficient (Wildman–Crippen LogP) is 1.14. The first-order chi connectivity index (χ1) is 7.57. The first-order valence-electron chi connectivity index (χ1n) is 5.82. The SMILES string of the molecule is CC(=O)C(C)C.O=CCCN1CCOCC1. The third-order valence-corrected chi connectivity index (χ3v) is 2.48. The molecule has 0 unspecified atom stereocenters. The van der Waals surface area contributed by atoms with Crippen molar-refractivity contribution in [3.8, 4) is 0 Å². The number of aldehydes is 1. The number of rotatable bonds is 4. The minimum Gasteiger partial charge on any atom is -0.379 e. The molecule has 4 heteroatoms. The van der Waals surface area contributed by atoms with E-state index in [1.54, 1.807) is 6.92 Å². The molecule has 0 amide bonds. The maximum Gasteiger partial charge on any atom is 0.132 e. The fourth-order valence-corrected chi connectivity index (χ4v) is 1.06. The molecule has 0 spiro atoms. The zero-order valence-electron chi connectivity index (χ0n) is 10.6. The number of morpholine rings is 1. The van der Waals surface area contributed by atoms with E-state index in [2.05, 4.69) is 4.90 Å². The lowest BCUT2D eigenvalue weighted by Gasteiger charge is -2.25. The van der Waals surface area contributed by atoms with Gasteiger partial charge in [-0.05, 0) is 6.92 Å². The van der Waals surface area contributed by atoms with E-state index in [1.165, 1.54) is 0 Å². The van der Waals surface area contributed by atoms with Crippen LogP contribution in [0.25, 0.3) is 0 Å². The molecule has 0 aromatic rings. The molecular weight excluding hydrogens is 206 g/mol. The lowest BCUT2D eigenvalue weighted by atomic mass is 10.1. The van der Waals surface area contributed by atoms with E-state index in [-0.39, 0.29) is 11.7 Å². The highest BCUT2D eigenvalue weighted by Gasteiger charge is 2.08. The number of hydrogen-bond acceptors (Lipinski definition) is 4. The minimum absolute atomic E-state index is 0.213. The van der Waals surface area contributed by atoms with Crippen molar-refractivity contribution in [2.45, 2.75) is 27.2 Å². The van der Waals surface area contributed by atoms with Crippen molar-refractivity contribution in [2.24, 2.45) is 5.92 Å². The molecule has 0 N–H and O–H groups in total. The zero-order chi connectivity index (χ0) is 12.4. The highest BCUT2D eigenvalue weighted by molar-refractivity contribution is 5.77. The third kappa shape index (κ3) is 8.56. The summed E-state index contributed by atoms with van der Waals surface area (Å²) >= 11 is 0. The van der Waals surface area contributed by atoms with Crippen molar-refractivity contribution < 1.29 is 14.3 Å². The Kier molecular flexibility index (Phi) is 9.04. The van der Waals surface area contributed by atoms with Crippen LogP contribution in [0.1, 0.15) is 27.2 Å². The average molecular weight is 229 g/mol. The Morgan fingerprint density at radius 2 is 1.88 bits per heavy atom. The van der Waals surface area contributed by atoms with E-state index in [4.69, 9.17) is 4.74 Å². The summed E-state index contributed by atoms with van der Waals surface area (Å²) < 4.78 is 5.15. The Balaban J connectivity index is 0.000000325. The molecule has 1 heterocycles. The molecule has 0 aromatic carbocycles. The first kappa shape index (κ1) is 15.3. The lowest BCUT2D eigenvalue weighted by Crippen LogP contribution is -2.36. The summed E-state index contributed by atoms with van der Waals surface area (Å²) in [4.78, 5) is 22.4. The van der Waals surface area contributed by atoms with E-state index in [9.17, 15) is 9.59 Å². The highest BCUT2D eigenvalue weighted by Crippen LogP contribution is 1.96. The molecule has 1 saturated heterocycles. The summed E-state index contributed by atoms with van der Waals surface area (Å²) in [7, 11) is 0. The average Bonchev–Trinajstić information content (AvgIpc) is 2.28. The van der Waals surface area contributed by atoms with Gasteiger partial charge in [0, 0.05) is 32.0 Å². The van der Waals surface area contributed by atoms with Gasteiger partial charge in [0.05, 0.1) is 13.2 Å². The second-order valence-electron chi connectivity index (χ2n) is 4.17. The molecule has 94 valence electrons. The maximum atomic E-state index is 10.1. The van der Waals surface area contributed by atoms with Crippen LogP contribution < -0.4 is 0 Å². The van der Waals surface area contributed by atoms with Crippen LogP contribution in [0, 0.1) is 5.92 Å². The van der Waals surface area contributed by atoms with Gasteiger partial charge in [-0.2, -0.15) is 0 Å². The Morgan fingerprint density at radius 3 is 2.25 bits per heavy atom. The second-order valence-corrected chi connectivity index (χ2v) is 4.17. The second kappa shape index (κ2) is 9.48. The fourth-order valence-electron chi connectivity index (χ4n) is 1.06. The summed E-state index contributed by atoms with van der Waals surface area (Å²) in [5.41, 5.74) is 0. The number of hydrogen-bond donors (Lipinski definition) is 0. The number of carbonyl (C=O) groups excluding carboxylic acids is 2. The van der Waals surface area contributed by atoms with Crippen LogP contribution >= 0.6 is 0 Å². The van der Waals surface area contributed by atoms with Gasteiger partial charge in [0.25, 0.3) is 0 Å². The molecule has 0 radical (unpaired) electrons. The first-order valence-corrected chi connectivity index (χ1v) is 5.82. The van der Waals surface area contributed by atoms with E-state index < -0.39 is 0 Å². The van der Waals surface area contributed by atoms with E-state index >= 15 is 0 Å². The van der Waals surface area contributed by atoms with Gasteiger partial charge in [-0.3, -0.25) is 9.69 Å². The van der Waals surface area contributed by atoms with Crippen molar-refractivity contribution >= 4 is 12.1 Å². The Labute approximate surface area is 98.0 Å². The zero-order valence-corrected chi connectivity index (χ0v) is 10.6. The number of ketones is 1. The highest BCUT2D eigenvalue weighted by atomic mass is 16.5. The topological polar surface area (TPSA) is 46.6 Å². The van der Waals surface area contributed by atoms with Crippen LogP contribution in [0.15, 0.2) is 0 Å². The number of carbonyl (C=O) groups is 2. The molecule has 0 atom stereocenters. The van der Waals surface area contributed by atoms with Gasteiger partial charge in [-0.15, -0.1) is 0 Å². The minimum atomic E-state index is 0.213. The third-order valence-electron chi connectivity index (χ3n) is 2.48. The van der Waals surface area contributed by atoms with Gasteiger partial charge in [0.15, 0.2) is 0 Å². The van der Waals surface area contributed by atoms with Gasteiger partial charge < -0.3 is 9.53 Å². The molecule has 1 aliphatic rings. The number of nitrogens with zero attached hydrogens (tertiary/aromatic N) is 1. The van der Waals surface area contributed by atoms with Gasteiger partial charge in [0.2, 0.25) is 0 Å². The van der Waals surface area contributed by atoms with Gasteiger partial charge in [-0.25, -0.2) is 0 Å². The van der Waals surface area contributed by atoms with Crippen LogP contribution in [-0.4, -0.2) is 49.8 Å². The van der Waals surface area contributed by atoms with E-state index in [0.29, 0.717) is 6.42 Å². The Bertz CT molecular complexity index is 198. The predicted molar refractivity (Wildman–Crippen MR) is 63.5 cm³/mol. The van der Waals surface area contributed by atoms with E-state index in [0.717, 1.165) is 39.1 Å². The van der Waals surface area contributed by atoms with Crippen LogP contribution in [0.2, 0.25) is 0 Å². The number of ether oxygens (including phenoxy) is 1. The van der Waals surface area contributed by atoms with Crippen molar-refractivity contribution in [3.05, 3.63) is 0 Å². The summed E-state index contributed by atoms with van der Waals surface area (Å²) in [6.07, 6.45) is 1.62. The van der Waals surface area contributed by atoms with Crippen molar-refractivity contribution in [1.29, 1.82) is 0 Å². The van der Waals surface area contributed by atoms with E-state index in [1.807, 2.05) is 13.8 Å². The van der Waals surface area contributed by atoms with Crippen LogP contribution in [0.3, 0.4) is 0 Å². The quantitative estimate of drug-likeness (QED) is 0.678. The smallest absolute Gasteiger partial charge is 0.132 e. The maximum absolute atomic E-state index is 10.1. The number of Topliss-reactive ketones (excluding diaryl/α,β-unsaturated/α-hetero) is 1. The van der Waals surface area contributed by atoms with Crippen molar-refractivity contribution in [3.63, 3.8) is 0 Å². The molecule has 1 aliphatic heterocycles. The summed E-state index contributed by atoms with van der Waals surface area (Å²) in [5.74, 6) is 0.472. The van der Waals surface area contributed by atoms with Crippen molar-refractivity contribution in [1.82, 2.24) is 4.90 Å². The molecule has 0 aromatic heterocycles. The summed E-state index contributed by atoms with van der Waals surface area (Å²) in [5, 5.41) is 0. The molecule has 0 aliphatic carbocycles. The van der Waals surface area contributed by atoms with Crippen LogP contribution in [0.4, 0.5) is 0 Å². The largest absolute Gasteiger partial charge is 0.379 e. The standard InChI is InChI=1S/C7H13NO2.C5H10O/c9-5-1-2-8-3-6-10-7-4-8;1-4(2)5(3)6/h5H,1-4,6-7H2;4H,1-3H3. The lowest BCUT2D eigenvalue weighted by molar-refractivity contribution is -0.119. The molecule has 1 fully saturated rings. The van der Waals surface area contributed by atoms with Gasteiger partial charge in [0.1, 0.15) is 12.1 Å². The molecular formula is C12H23NO3. The Hall–Kier alpha value is -0.740. The van der Waals surface area contributed by atoms with Crippen LogP contribution in [-0.2, 0) is 14.3 Å². The molecule has 4 nitrogen and oxygen atoms in total. The fraction of sp³-hybridized carbons (Fsp3) is 0.833. The monoisotopic (exact) mass is 229 g/mol.